The largest absolute Gasteiger partial charge is 0.496 e. The highest BCUT2D eigenvalue weighted by atomic mass is 16.5. The van der Waals surface area contributed by atoms with Crippen LogP contribution in [0.4, 0.5) is 0 Å². The van der Waals surface area contributed by atoms with Gasteiger partial charge in [0.05, 0.1) is 18.4 Å². The van der Waals surface area contributed by atoms with Gasteiger partial charge in [0.2, 0.25) is 0 Å². The average Bonchev–Trinajstić information content (AvgIpc) is 2.60. The van der Waals surface area contributed by atoms with E-state index in [0.717, 1.165) is 24.1 Å². The van der Waals surface area contributed by atoms with Crippen molar-refractivity contribution >= 4 is 11.6 Å². The lowest BCUT2D eigenvalue weighted by molar-refractivity contribution is 0.0952. The Morgan fingerprint density at radius 3 is 2.48 bits per heavy atom. The highest BCUT2D eigenvalue weighted by molar-refractivity contribution is 6.01. The second-order valence-corrected chi connectivity index (χ2v) is 5.29. The third-order valence-electron chi connectivity index (χ3n) is 3.59. The Morgan fingerprint density at radius 1 is 1.13 bits per heavy atom. The summed E-state index contributed by atoms with van der Waals surface area (Å²) in [5, 5.41) is 4.18. The predicted molar refractivity (Wildman–Crippen MR) is 93.1 cm³/mol. The lowest BCUT2D eigenvalue weighted by Gasteiger charge is -2.07. The van der Waals surface area contributed by atoms with Crippen LogP contribution in [0.1, 0.15) is 41.8 Å². The number of amides is 1. The molecule has 2 aromatic carbocycles. The van der Waals surface area contributed by atoms with Crippen LogP contribution in [0.5, 0.6) is 5.75 Å². The van der Waals surface area contributed by atoms with Crippen molar-refractivity contribution in [1.29, 1.82) is 0 Å². The van der Waals surface area contributed by atoms with Crippen LogP contribution in [0.25, 0.3) is 0 Å². The Bertz CT molecular complexity index is 691. The van der Waals surface area contributed by atoms with Gasteiger partial charge in [-0.05, 0) is 36.6 Å². The van der Waals surface area contributed by atoms with Crippen molar-refractivity contribution in [2.45, 2.75) is 26.7 Å². The lowest BCUT2D eigenvalue weighted by Crippen LogP contribution is -2.20. The maximum absolute atomic E-state index is 12.2. The van der Waals surface area contributed by atoms with E-state index in [0.29, 0.717) is 11.3 Å². The monoisotopic (exact) mass is 310 g/mol. The van der Waals surface area contributed by atoms with Crippen molar-refractivity contribution < 1.29 is 9.53 Å². The number of rotatable bonds is 6. The van der Waals surface area contributed by atoms with Crippen LogP contribution in [0.15, 0.2) is 53.6 Å². The van der Waals surface area contributed by atoms with Gasteiger partial charge in [-0.1, -0.05) is 49.7 Å². The number of benzene rings is 2. The van der Waals surface area contributed by atoms with E-state index in [4.69, 9.17) is 4.74 Å². The zero-order chi connectivity index (χ0) is 16.7. The van der Waals surface area contributed by atoms with Gasteiger partial charge in [0.15, 0.2) is 0 Å². The summed E-state index contributed by atoms with van der Waals surface area (Å²) in [5.41, 5.74) is 6.10. The van der Waals surface area contributed by atoms with E-state index in [1.807, 2.05) is 25.1 Å². The zero-order valence-corrected chi connectivity index (χ0v) is 13.8. The number of para-hydroxylation sites is 1. The summed E-state index contributed by atoms with van der Waals surface area (Å²) in [5.74, 6) is 0.242. The normalized spacial score (nSPS) is 11.2. The number of carbonyl (C=O) groups is 1. The molecule has 0 spiro atoms. The maximum Gasteiger partial charge on any atom is 0.275 e. The molecule has 0 saturated heterocycles. The van der Waals surface area contributed by atoms with Crippen molar-refractivity contribution in [3.8, 4) is 5.75 Å². The van der Waals surface area contributed by atoms with Crippen molar-refractivity contribution in [3.05, 3.63) is 65.2 Å². The molecule has 0 heterocycles. The number of hydrazone groups is 1. The highest BCUT2D eigenvalue weighted by Crippen LogP contribution is 2.16. The van der Waals surface area contributed by atoms with Crippen LogP contribution in [0.3, 0.4) is 0 Å². The summed E-state index contributed by atoms with van der Waals surface area (Å²) in [7, 11) is 1.54. The van der Waals surface area contributed by atoms with Crippen LogP contribution < -0.4 is 10.2 Å². The molecular formula is C19H22N2O2. The molecule has 0 atom stereocenters. The van der Waals surface area contributed by atoms with E-state index in [1.165, 1.54) is 5.56 Å². The van der Waals surface area contributed by atoms with E-state index in [-0.39, 0.29) is 5.91 Å². The number of aryl methyl sites for hydroxylation is 1. The molecule has 2 rings (SSSR count). The minimum Gasteiger partial charge on any atom is -0.496 e. The summed E-state index contributed by atoms with van der Waals surface area (Å²) in [6, 6.07) is 15.3. The molecule has 0 unspecified atom stereocenters. The van der Waals surface area contributed by atoms with Gasteiger partial charge in [0.1, 0.15) is 5.75 Å². The Morgan fingerprint density at radius 2 is 1.83 bits per heavy atom. The Labute approximate surface area is 137 Å². The van der Waals surface area contributed by atoms with E-state index in [2.05, 4.69) is 29.6 Å². The topological polar surface area (TPSA) is 50.7 Å². The van der Waals surface area contributed by atoms with E-state index >= 15 is 0 Å². The van der Waals surface area contributed by atoms with Gasteiger partial charge in [-0.2, -0.15) is 5.10 Å². The van der Waals surface area contributed by atoms with Crippen LogP contribution in [0, 0.1) is 0 Å². The van der Waals surface area contributed by atoms with Crippen molar-refractivity contribution in [3.63, 3.8) is 0 Å². The number of nitrogens with one attached hydrogen (secondary N) is 1. The molecule has 0 aromatic heterocycles. The first-order valence-corrected chi connectivity index (χ1v) is 7.72. The SMILES string of the molecule is CCCc1ccc(C(C)=NNC(=O)c2ccccc2OC)cc1. The quantitative estimate of drug-likeness (QED) is 0.651. The van der Waals surface area contributed by atoms with Gasteiger partial charge in [-0.3, -0.25) is 4.79 Å². The molecule has 0 saturated carbocycles. The molecule has 2 aromatic rings. The van der Waals surface area contributed by atoms with E-state index < -0.39 is 0 Å². The smallest absolute Gasteiger partial charge is 0.275 e. The molecule has 0 fully saturated rings. The minimum absolute atomic E-state index is 0.288. The standard InChI is InChI=1S/C19H22N2O2/c1-4-7-15-10-12-16(13-11-15)14(2)20-21-19(22)17-8-5-6-9-18(17)23-3/h5-6,8-13H,4,7H2,1-3H3,(H,21,22). The number of nitrogens with zero attached hydrogens (tertiary/aromatic N) is 1. The molecule has 0 aliphatic rings. The zero-order valence-electron chi connectivity index (χ0n) is 13.8. The van der Waals surface area contributed by atoms with E-state index in [1.54, 1.807) is 25.3 Å². The molecule has 120 valence electrons. The lowest BCUT2D eigenvalue weighted by atomic mass is 10.1. The predicted octanol–water partition coefficient (Wildman–Crippen LogP) is 3.80. The molecule has 0 radical (unpaired) electrons. The fourth-order valence-corrected chi connectivity index (χ4v) is 2.29. The number of hydrogen-bond acceptors (Lipinski definition) is 3. The Balaban J connectivity index is 2.08. The summed E-state index contributed by atoms with van der Waals surface area (Å²) < 4.78 is 5.18. The second-order valence-electron chi connectivity index (χ2n) is 5.29. The molecule has 0 aliphatic carbocycles. The van der Waals surface area contributed by atoms with Gasteiger partial charge in [-0.15, -0.1) is 0 Å². The Hall–Kier alpha value is -2.62. The maximum atomic E-state index is 12.2. The van der Waals surface area contributed by atoms with Gasteiger partial charge in [0.25, 0.3) is 5.91 Å². The fourth-order valence-electron chi connectivity index (χ4n) is 2.29. The molecular weight excluding hydrogens is 288 g/mol. The fraction of sp³-hybridized carbons (Fsp3) is 0.263. The first-order chi connectivity index (χ1) is 11.2. The summed E-state index contributed by atoms with van der Waals surface area (Å²) in [4.78, 5) is 12.2. The third-order valence-corrected chi connectivity index (χ3v) is 3.59. The van der Waals surface area contributed by atoms with Gasteiger partial charge in [0, 0.05) is 0 Å². The first kappa shape index (κ1) is 16.7. The third kappa shape index (κ3) is 4.42. The summed E-state index contributed by atoms with van der Waals surface area (Å²) in [6.07, 6.45) is 2.20. The molecule has 0 aliphatic heterocycles. The van der Waals surface area contributed by atoms with Gasteiger partial charge >= 0.3 is 0 Å². The summed E-state index contributed by atoms with van der Waals surface area (Å²) >= 11 is 0. The number of methoxy groups -OCH3 is 1. The summed E-state index contributed by atoms with van der Waals surface area (Å²) in [6.45, 7) is 4.03. The number of ether oxygens (including phenoxy) is 1. The first-order valence-electron chi connectivity index (χ1n) is 7.72. The molecule has 0 bridgehead atoms. The van der Waals surface area contributed by atoms with Crippen LogP contribution in [-0.4, -0.2) is 18.7 Å². The number of hydrogen-bond donors (Lipinski definition) is 1. The average molecular weight is 310 g/mol. The van der Waals surface area contributed by atoms with Gasteiger partial charge in [-0.25, -0.2) is 5.43 Å². The highest BCUT2D eigenvalue weighted by Gasteiger charge is 2.10. The molecule has 4 heteroatoms. The molecule has 23 heavy (non-hydrogen) atoms. The van der Waals surface area contributed by atoms with E-state index in [9.17, 15) is 4.79 Å². The van der Waals surface area contributed by atoms with Crippen molar-refractivity contribution in [2.75, 3.05) is 7.11 Å². The van der Waals surface area contributed by atoms with Crippen molar-refractivity contribution in [2.24, 2.45) is 5.10 Å². The van der Waals surface area contributed by atoms with Crippen LogP contribution >= 0.6 is 0 Å². The van der Waals surface area contributed by atoms with Gasteiger partial charge < -0.3 is 4.74 Å². The second kappa shape index (κ2) is 8.13. The molecule has 4 nitrogen and oxygen atoms in total. The molecule has 1 N–H and O–H groups in total. The minimum atomic E-state index is -0.288. The van der Waals surface area contributed by atoms with Crippen molar-refractivity contribution in [1.82, 2.24) is 5.43 Å². The molecule has 1 amide bonds. The van der Waals surface area contributed by atoms with Crippen LogP contribution in [-0.2, 0) is 6.42 Å². The number of carbonyl (C=O) groups excluding carboxylic acids is 1. The Kier molecular flexibility index (Phi) is 5.92. The van der Waals surface area contributed by atoms with Crippen LogP contribution in [0.2, 0.25) is 0 Å².